The summed E-state index contributed by atoms with van der Waals surface area (Å²) in [6.07, 6.45) is 3.13. The lowest BCUT2D eigenvalue weighted by Crippen LogP contribution is -2.34. The van der Waals surface area contributed by atoms with Crippen molar-refractivity contribution in [3.63, 3.8) is 0 Å². The second-order valence-corrected chi connectivity index (χ2v) is 5.28. The van der Waals surface area contributed by atoms with Crippen molar-refractivity contribution in [2.45, 2.75) is 20.3 Å². The van der Waals surface area contributed by atoms with Gasteiger partial charge in [-0.1, -0.05) is 6.07 Å². The Hall–Kier alpha value is -2.54. The minimum atomic E-state index is -0.372. The van der Waals surface area contributed by atoms with Gasteiger partial charge in [0.15, 0.2) is 11.5 Å². The normalized spacial score (nSPS) is 10.6. The molecular weight excluding hydrogens is 338 g/mol. The van der Waals surface area contributed by atoms with Gasteiger partial charge in [-0.2, -0.15) is 0 Å². The molecule has 7 heteroatoms. The van der Waals surface area contributed by atoms with Crippen LogP contribution in [0.2, 0.25) is 0 Å². The maximum absolute atomic E-state index is 12.3. The van der Waals surface area contributed by atoms with Crippen LogP contribution in [-0.4, -0.2) is 61.9 Å². The van der Waals surface area contributed by atoms with E-state index in [1.165, 1.54) is 11.0 Å². The van der Waals surface area contributed by atoms with E-state index in [9.17, 15) is 9.59 Å². The number of carbonyl (C=O) groups is 2. The fraction of sp³-hybridized carbons (Fsp3) is 0.474. The van der Waals surface area contributed by atoms with E-state index in [4.69, 9.17) is 19.3 Å². The van der Waals surface area contributed by atoms with Crippen molar-refractivity contribution >= 4 is 18.0 Å². The Balaban J connectivity index is 2.76. The van der Waals surface area contributed by atoms with Gasteiger partial charge in [0.25, 0.3) is 0 Å². The molecule has 26 heavy (non-hydrogen) atoms. The highest BCUT2D eigenvalue weighted by atomic mass is 16.5. The van der Waals surface area contributed by atoms with Gasteiger partial charge < -0.3 is 24.2 Å². The predicted octanol–water partition coefficient (Wildman–Crippen LogP) is 1.88. The SMILES string of the molecule is CCOC(=O)CCN(CCO)C(=O)/C=C/c1ccc(OCC)c(OC)c1. The number of aliphatic hydroxyl groups excluding tert-OH is 1. The van der Waals surface area contributed by atoms with Gasteiger partial charge in [0.05, 0.1) is 33.4 Å². The molecule has 1 aromatic rings. The van der Waals surface area contributed by atoms with Crippen LogP contribution in [0.5, 0.6) is 11.5 Å². The molecule has 144 valence electrons. The molecule has 0 fully saturated rings. The minimum Gasteiger partial charge on any atom is -0.493 e. The third kappa shape index (κ3) is 7.14. The van der Waals surface area contributed by atoms with Crippen molar-refractivity contribution in [1.82, 2.24) is 4.90 Å². The first-order chi connectivity index (χ1) is 12.5. The van der Waals surface area contributed by atoms with Crippen molar-refractivity contribution < 1.29 is 28.9 Å². The first kappa shape index (κ1) is 21.5. The highest BCUT2D eigenvalue weighted by Gasteiger charge is 2.13. The van der Waals surface area contributed by atoms with Gasteiger partial charge in [-0.15, -0.1) is 0 Å². The first-order valence-electron chi connectivity index (χ1n) is 8.59. The molecule has 0 saturated heterocycles. The summed E-state index contributed by atoms with van der Waals surface area (Å²) >= 11 is 0. The molecule has 0 radical (unpaired) electrons. The monoisotopic (exact) mass is 365 g/mol. The van der Waals surface area contributed by atoms with Crippen molar-refractivity contribution in [3.8, 4) is 11.5 Å². The Morgan fingerprint density at radius 3 is 2.54 bits per heavy atom. The number of carbonyl (C=O) groups excluding carboxylic acids is 2. The standard InChI is InChI=1S/C19H27NO6/c1-4-25-16-8-6-15(14-17(16)24-3)7-9-18(22)20(12-13-21)11-10-19(23)26-5-2/h6-9,14,21H,4-5,10-13H2,1-3H3/b9-7+. The number of nitrogens with zero attached hydrogens (tertiary/aromatic N) is 1. The van der Waals surface area contributed by atoms with Gasteiger partial charge in [0.2, 0.25) is 5.91 Å². The van der Waals surface area contributed by atoms with Crippen LogP contribution in [0.15, 0.2) is 24.3 Å². The highest BCUT2D eigenvalue weighted by molar-refractivity contribution is 5.92. The molecule has 1 N–H and O–H groups in total. The van der Waals surface area contributed by atoms with E-state index in [2.05, 4.69) is 0 Å². The van der Waals surface area contributed by atoms with Crippen LogP contribution in [-0.2, 0) is 14.3 Å². The number of rotatable bonds is 11. The lowest BCUT2D eigenvalue weighted by atomic mass is 10.2. The second kappa shape index (κ2) is 11.9. The van der Waals surface area contributed by atoms with Crippen LogP contribution in [0, 0.1) is 0 Å². The summed E-state index contributed by atoms with van der Waals surface area (Å²) in [4.78, 5) is 25.2. The number of amides is 1. The maximum Gasteiger partial charge on any atom is 0.307 e. The maximum atomic E-state index is 12.3. The number of benzene rings is 1. The molecule has 0 saturated carbocycles. The van der Waals surface area contributed by atoms with Crippen molar-refractivity contribution in [2.24, 2.45) is 0 Å². The summed E-state index contributed by atoms with van der Waals surface area (Å²) in [6.45, 7) is 4.59. The van der Waals surface area contributed by atoms with Crippen molar-refractivity contribution in [2.75, 3.05) is 40.0 Å². The topological polar surface area (TPSA) is 85.3 Å². The van der Waals surface area contributed by atoms with Crippen molar-refractivity contribution in [1.29, 1.82) is 0 Å². The molecule has 0 unspecified atom stereocenters. The molecule has 7 nitrogen and oxygen atoms in total. The van der Waals surface area contributed by atoms with Crippen molar-refractivity contribution in [3.05, 3.63) is 29.8 Å². The van der Waals surface area contributed by atoms with Crippen LogP contribution < -0.4 is 9.47 Å². The Labute approximate surface area is 154 Å². The predicted molar refractivity (Wildman–Crippen MR) is 98.1 cm³/mol. The van der Waals surface area contributed by atoms with Gasteiger partial charge in [0.1, 0.15) is 0 Å². The molecule has 0 spiro atoms. The third-order valence-corrected chi connectivity index (χ3v) is 3.48. The number of esters is 1. The zero-order valence-corrected chi connectivity index (χ0v) is 15.6. The van der Waals surface area contributed by atoms with E-state index in [0.29, 0.717) is 24.7 Å². The summed E-state index contributed by atoms with van der Waals surface area (Å²) in [5, 5.41) is 9.12. The summed E-state index contributed by atoms with van der Waals surface area (Å²) in [6, 6.07) is 5.36. The van der Waals surface area contributed by atoms with Gasteiger partial charge in [-0.25, -0.2) is 0 Å². The number of ether oxygens (including phenoxy) is 3. The lowest BCUT2D eigenvalue weighted by Gasteiger charge is -2.19. The number of hydrogen-bond acceptors (Lipinski definition) is 6. The Kier molecular flexibility index (Phi) is 9.86. The first-order valence-corrected chi connectivity index (χ1v) is 8.59. The molecule has 0 bridgehead atoms. The smallest absolute Gasteiger partial charge is 0.307 e. The van der Waals surface area contributed by atoms with E-state index in [1.54, 1.807) is 32.2 Å². The molecular formula is C19H27NO6. The van der Waals surface area contributed by atoms with E-state index in [1.807, 2.05) is 13.0 Å². The van der Waals surface area contributed by atoms with Crippen LogP contribution in [0.4, 0.5) is 0 Å². The summed E-state index contributed by atoms with van der Waals surface area (Å²) in [5.41, 5.74) is 0.771. The zero-order chi connectivity index (χ0) is 19.4. The average molecular weight is 365 g/mol. The lowest BCUT2D eigenvalue weighted by molar-refractivity contribution is -0.143. The van der Waals surface area contributed by atoms with Gasteiger partial charge >= 0.3 is 5.97 Å². The third-order valence-electron chi connectivity index (χ3n) is 3.48. The van der Waals surface area contributed by atoms with E-state index < -0.39 is 0 Å². The number of aliphatic hydroxyl groups is 1. The quantitative estimate of drug-likeness (QED) is 0.476. The van der Waals surface area contributed by atoms with Gasteiger partial charge in [0, 0.05) is 19.2 Å². The molecule has 1 amide bonds. The van der Waals surface area contributed by atoms with Crippen LogP contribution in [0.1, 0.15) is 25.8 Å². The number of methoxy groups -OCH3 is 1. The van der Waals surface area contributed by atoms with E-state index in [0.717, 1.165) is 5.56 Å². The highest BCUT2D eigenvalue weighted by Crippen LogP contribution is 2.28. The summed E-state index contributed by atoms with van der Waals surface area (Å²) < 4.78 is 15.6. The van der Waals surface area contributed by atoms with Gasteiger partial charge in [-0.3, -0.25) is 9.59 Å². The Morgan fingerprint density at radius 1 is 1.15 bits per heavy atom. The molecule has 1 aromatic carbocycles. The molecule has 0 aliphatic heterocycles. The largest absolute Gasteiger partial charge is 0.493 e. The minimum absolute atomic E-state index is 0.0876. The van der Waals surface area contributed by atoms with Crippen LogP contribution in [0.3, 0.4) is 0 Å². The van der Waals surface area contributed by atoms with Crippen LogP contribution in [0.25, 0.3) is 6.08 Å². The van der Waals surface area contributed by atoms with Gasteiger partial charge in [-0.05, 0) is 37.6 Å². The van der Waals surface area contributed by atoms with E-state index in [-0.39, 0.29) is 38.0 Å². The summed E-state index contributed by atoms with van der Waals surface area (Å²) in [5.74, 6) is 0.547. The Bertz CT molecular complexity index is 614. The molecule has 1 rings (SSSR count). The molecule has 0 aliphatic rings. The van der Waals surface area contributed by atoms with Crippen LogP contribution >= 0.6 is 0 Å². The molecule has 0 aliphatic carbocycles. The zero-order valence-electron chi connectivity index (χ0n) is 15.6. The fourth-order valence-corrected chi connectivity index (χ4v) is 2.25. The Morgan fingerprint density at radius 2 is 1.92 bits per heavy atom. The molecule has 0 heterocycles. The molecule has 0 aromatic heterocycles. The fourth-order valence-electron chi connectivity index (χ4n) is 2.25. The van der Waals surface area contributed by atoms with E-state index >= 15 is 0 Å². The number of hydrogen-bond donors (Lipinski definition) is 1. The summed E-state index contributed by atoms with van der Waals surface area (Å²) in [7, 11) is 1.55. The second-order valence-electron chi connectivity index (χ2n) is 5.28. The molecule has 0 atom stereocenters. The average Bonchev–Trinajstić information content (AvgIpc) is 2.64.